The number of fused-ring (bicyclic) bond motifs is 1. The lowest BCUT2D eigenvalue weighted by Crippen LogP contribution is -2.33. The molecule has 1 heterocycles. The lowest BCUT2D eigenvalue weighted by molar-refractivity contribution is -0.119. The number of benzene rings is 2. The molecule has 1 aromatic heterocycles. The molecule has 1 amide bonds. The molecule has 0 saturated heterocycles. The van der Waals surface area contributed by atoms with Gasteiger partial charge in [-0.1, -0.05) is 61.2 Å². The zero-order chi connectivity index (χ0) is 19.8. The van der Waals surface area contributed by atoms with E-state index in [4.69, 9.17) is 0 Å². The van der Waals surface area contributed by atoms with Crippen molar-refractivity contribution in [1.82, 2.24) is 15.3 Å². The molecule has 0 unspecified atom stereocenters. The molecule has 1 atom stereocenters. The van der Waals surface area contributed by atoms with Gasteiger partial charge in [-0.15, -0.1) is 0 Å². The second kappa shape index (κ2) is 10.1. The van der Waals surface area contributed by atoms with E-state index < -0.39 is 0 Å². The quantitative estimate of drug-likeness (QED) is 0.419. The Morgan fingerprint density at radius 2 is 1.82 bits per heavy atom. The third kappa shape index (κ3) is 5.70. The largest absolute Gasteiger partial charge is 0.369 e. The Hall–Kier alpha value is -2.60. The molecule has 5 nitrogen and oxygen atoms in total. The summed E-state index contributed by atoms with van der Waals surface area (Å²) >= 11 is 1.37. The molecule has 3 aromatic rings. The first-order valence-corrected chi connectivity index (χ1v) is 10.6. The van der Waals surface area contributed by atoms with Crippen molar-refractivity contribution in [3.8, 4) is 0 Å². The number of nitrogens with zero attached hydrogens (tertiary/aromatic N) is 2. The number of hydrogen-bond donors (Lipinski definition) is 2. The molecule has 3 rings (SSSR count). The summed E-state index contributed by atoms with van der Waals surface area (Å²) in [6.07, 6.45) is 1.83. The van der Waals surface area contributed by atoms with Crippen LogP contribution in [0, 0.1) is 0 Å². The van der Waals surface area contributed by atoms with E-state index in [1.807, 2.05) is 37.3 Å². The molecule has 0 radical (unpaired) electrons. The SMILES string of the molecule is CC[C@H](C)NC(=O)CSc1nc(NCCc2ccccc2)c2ccccc2n1. The van der Waals surface area contributed by atoms with Crippen molar-refractivity contribution in [3.63, 3.8) is 0 Å². The summed E-state index contributed by atoms with van der Waals surface area (Å²) < 4.78 is 0. The monoisotopic (exact) mass is 394 g/mol. The Bertz CT molecular complexity index is 917. The first kappa shape index (κ1) is 20.1. The fourth-order valence-electron chi connectivity index (χ4n) is 2.77. The average Bonchev–Trinajstić information content (AvgIpc) is 2.73. The van der Waals surface area contributed by atoms with Crippen LogP contribution in [0.2, 0.25) is 0 Å². The van der Waals surface area contributed by atoms with Gasteiger partial charge in [0, 0.05) is 18.0 Å². The summed E-state index contributed by atoms with van der Waals surface area (Å²) in [5.74, 6) is 1.13. The number of thioether (sulfide) groups is 1. The average molecular weight is 395 g/mol. The fourth-order valence-corrected chi connectivity index (χ4v) is 3.44. The maximum absolute atomic E-state index is 12.1. The normalized spacial score (nSPS) is 11.9. The number of para-hydroxylation sites is 1. The first-order chi connectivity index (χ1) is 13.7. The molecule has 0 saturated carbocycles. The Morgan fingerprint density at radius 3 is 2.61 bits per heavy atom. The predicted octanol–water partition coefficient (Wildman–Crippen LogP) is 4.29. The third-order valence-corrected chi connectivity index (χ3v) is 5.33. The fraction of sp³-hybridized carbons (Fsp3) is 0.318. The van der Waals surface area contributed by atoms with E-state index in [9.17, 15) is 4.79 Å². The van der Waals surface area contributed by atoms with Crippen molar-refractivity contribution in [2.75, 3.05) is 17.6 Å². The molecular formula is C22H26N4OS. The molecule has 28 heavy (non-hydrogen) atoms. The molecule has 0 aliphatic rings. The summed E-state index contributed by atoms with van der Waals surface area (Å²) in [6, 6.07) is 18.5. The smallest absolute Gasteiger partial charge is 0.230 e. The highest BCUT2D eigenvalue weighted by molar-refractivity contribution is 7.99. The Morgan fingerprint density at radius 1 is 1.07 bits per heavy atom. The van der Waals surface area contributed by atoms with Gasteiger partial charge in [-0.3, -0.25) is 4.79 Å². The van der Waals surface area contributed by atoms with Gasteiger partial charge in [0.05, 0.1) is 11.3 Å². The van der Waals surface area contributed by atoms with Crippen LogP contribution in [-0.4, -0.2) is 34.2 Å². The van der Waals surface area contributed by atoms with Crippen LogP contribution >= 0.6 is 11.8 Å². The van der Waals surface area contributed by atoms with Gasteiger partial charge in [0.1, 0.15) is 5.82 Å². The Kier molecular flexibility index (Phi) is 7.25. The molecule has 2 aromatic carbocycles. The number of hydrogen-bond acceptors (Lipinski definition) is 5. The molecule has 6 heteroatoms. The molecule has 0 aliphatic carbocycles. The van der Waals surface area contributed by atoms with E-state index >= 15 is 0 Å². The molecular weight excluding hydrogens is 368 g/mol. The summed E-state index contributed by atoms with van der Waals surface area (Å²) in [5.41, 5.74) is 2.16. The van der Waals surface area contributed by atoms with Crippen molar-refractivity contribution in [1.29, 1.82) is 0 Å². The van der Waals surface area contributed by atoms with Crippen molar-refractivity contribution in [2.24, 2.45) is 0 Å². The van der Waals surface area contributed by atoms with Crippen LogP contribution < -0.4 is 10.6 Å². The topological polar surface area (TPSA) is 66.9 Å². The van der Waals surface area contributed by atoms with Gasteiger partial charge in [0.15, 0.2) is 5.16 Å². The van der Waals surface area contributed by atoms with Crippen molar-refractivity contribution < 1.29 is 4.79 Å². The van der Waals surface area contributed by atoms with Gasteiger partial charge in [-0.25, -0.2) is 9.97 Å². The second-order valence-electron chi connectivity index (χ2n) is 6.70. The van der Waals surface area contributed by atoms with E-state index in [1.165, 1.54) is 17.3 Å². The highest BCUT2D eigenvalue weighted by Gasteiger charge is 2.11. The van der Waals surface area contributed by atoms with E-state index in [0.717, 1.165) is 36.1 Å². The van der Waals surface area contributed by atoms with Crippen LogP contribution in [0.15, 0.2) is 59.8 Å². The number of amides is 1. The van der Waals surface area contributed by atoms with E-state index in [2.05, 4.69) is 51.8 Å². The summed E-state index contributed by atoms with van der Waals surface area (Å²) in [4.78, 5) is 21.3. The van der Waals surface area contributed by atoms with Crippen molar-refractivity contribution in [3.05, 3.63) is 60.2 Å². The van der Waals surface area contributed by atoms with Crippen LogP contribution in [0.5, 0.6) is 0 Å². The zero-order valence-electron chi connectivity index (χ0n) is 16.3. The van der Waals surface area contributed by atoms with Crippen LogP contribution in [0.3, 0.4) is 0 Å². The second-order valence-corrected chi connectivity index (χ2v) is 7.64. The number of aromatic nitrogens is 2. The van der Waals surface area contributed by atoms with E-state index in [1.54, 1.807) is 0 Å². The molecule has 146 valence electrons. The third-order valence-electron chi connectivity index (χ3n) is 4.48. The molecule has 0 aliphatic heterocycles. The number of rotatable bonds is 9. The van der Waals surface area contributed by atoms with Crippen molar-refractivity contribution in [2.45, 2.75) is 37.9 Å². The van der Waals surface area contributed by atoms with Crippen LogP contribution in [0.1, 0.15) is 25.8 Å². The van der Waals surface area contributed by atoms with Gasteiger partial charge >= 0.3 is 0 Å². The zero-order valence-corrected chi connectivity index (χ0v) is 17.1. The van der Waals surface area contributed by atoms with Crippen LogP contribution in [-0.2, 0) is 11.2 Å². The highest BCUT2D eigenvalue weighted by atomic mass is 32.2. The molecule has 0 bridgehead atoms. The minimum atomic E-state index is 0.00898. The number of carbonyl (C=O) groups is 1. The first-order valence-electron chi connectivity index (χ1n) is 9.62. The summed E-state index contributed by atoms with van der Waals surface area (Å²) in [7, 11) is 0. The Labute approximate surface area is 170 Å². The lowest BCUT2D eigenvalue weighted by atomic mass is 10.1. The standard InChI is InChI=1S/C22H26N4OS/c1-3-16(2)24-20(27)15-28-22-25-19-12-8-7-11-18(19)21(26-22)23-14-13-17-9-5-4-6-10-17/h4-12,16H,3,13-15H2,1-2H3,(H,24,27)(H,23,25,26)/t16-/m0/s1. The van der Waals surface area contributed by atoms with Gasteiger partial charge in [-0.2, -0.15) is 0 Å². The minimum Gasteiger partial charge on any atom is -0.369 e. The summed E-state index contributed by atoms with van der Waals surface area (Å²) in [5, 5.41) is 8.01. The minimum absolute atomic E-state index is 0.00898. The molecule has 0 spiro atoms. The highest BCUT2D eigenvalue weighted by Crippen LogP contribution is 2.24. The summed E-state index contributed by atoms with van der Waals surface area (Å²) in [6.45, 7) is 4.84. The van der Waals surface area contributed by atoms with E-state index in [-0.39, 0.29) is 11.9 Å². The maximum atomic E-state index is 12.1. The molecule has 0 fully saturated rings. The van der Waals surface area contributed by atoms with Gasteiger partial charge in [0.25, 0.3) is 0 Å². The van der Waals surface area contributed by atoms with Gasteiger partial charge in [-0.05, 0) is 37.5 Å². The Balaban J connectivity index is 1.69. The van der Waals surface area contributed by atoms with Crippen LogP contribution in [0.4, 0.5) is 5.82 Å². The van der Waals surface area contributed by atoms with Crippen LogP contribution in [0.25, 0.3) is 10.9 Å². The number of nitrogens with one attached hydrogen (secondary N) is 2. The molecule has 2 N–H and O–H groups in total. The van der Waals surface area contributed by atoms with E-state index in [0.29, 0.717) is 10.9 Å². The lowest BCUT2D eigenvalue weighted by Gasteiger charge is -2.12. The number of anilines is 1. The van der Waals surface area contributed by atoms with Crippen molar-refractivity contribution >= 4 is 34.4 Å². The predicted molar refractivity (Wildman–Crippen MR) is 117 cm³/mol. The number of carbonyl (C=O) groups excluding carboxylic acids is 1. The van der Waals surface area contributed by atoms with Gasteiger partial charge in [0.2, 0.25) is 5.91 Å². The van der Waals surface area contributed by atoms with Gasteiger partial charge < -0.3 is 10.6 Å². The maximum Gasteiger partial charge on any atom is 0.230 e.